The highest BCUT2D eigenvalue weighted by atomic mass is 32.1. The molecule has 0 aliphatic carbocycles. The zero-order chi connectivity index (χ0) is 24.1. The maximum absolute atomic E-state index is 13.2. The zero-order valence-electron chi connectivity index (χ0n) is 19.3. The van der Waals surface area contributed by atoms with Crippen LogP contribution in [-0.4, -0.2) is 64.9 Å². The van der Waals surface area contributed by atoms with Crippen LogP contribution in [-0.2, 0) is 17.9 Å². The molecule has 1 aliphatic rings. The van der Waals surface area contributed by atoms with Gasteiger partial charge in [0.1, 0.15) is 5.75 Å². The minimum Gasteiger partial charge on any atom is -0.495 e. The average molecular weight is 487 g/mol. The average Bonchev–Trinajstić information content (AvgIpc) is 3.34. The predicted molar refractivity (Wildman–Crippen MR) is 133 cm³/mol. The second-order valence-electron chi connectivity index (χ2n) is 8.41. The van der Waals surface area contributed by atoms with E-state index in [1.54, 1.807) is 17.1 Å². The number of unbranched alkanes of at least 4 members (excludes halogenated alkanes) is 1. The molecule has 0 unspecified atom stereocenters. The number of thiophene rings is 1. The number of aromatic nitrogens is 2. The summed E-state index contributed by atoms with van der Waals surface area (Å²) in [6.07, 6.45) is 1.13. The maximum Gasteiger partial charge on any atom is 0.331 e. The van der Waals surface area contributed by atoms with E-state index in [0.717, 1.165) is 37.6 Å². The topological polar surface area (TPSA) is 97.0 Å². The highest BCUT2D eigenvalue weighted by Gasteiger charge is 2.20. The summed E-state index contributed by atoms with van der Waals surface area (Å²) < 4.78 is 8.44. The molecule has 9 nitrogen and oxygen atoms in total. The van der Waals surface area contributed by atoms with Crippen LogP contribution in [0.4, 0.5) is 5.69 Å². The molecule has 2 aromatic heterocycles. The molecule has 1 aliphatic heterocycles. The van der Waals surface area contributed by atoms with Crippen LogP contribution < -0.4 is 20.9 Å². The number of hydrogen-bond donors (Lipinski definition) is 1. The van der Waals surface area contributed by atoms with Crippen LogP contribution in [0.3, 0.4) is 0 Å². The van der Waals surface area contributed by atoms with Gasteiger partial charge < -0.3 is 14.7 Å². The number of anilines is 1. The van der Waals surface area contributed by atoms with Crippen molar-refractivity contribution in [3.8, 4) is 5.75 Å². The van der Waals surface area contributed by atoms with Gasteiger partial charge in [-0.2, -0.15) is 0 Å². The normalized spacial score (nSPS) is 14.6. The number of piperazine rings is 1. The summed E-state index contributed by atoms with van der Waals surface area (Å²) in [7, 11) is 1.68. The molecule has 0 spiro atoms. The van der Waals surface area contributed by atoms with Gasteiger partial charge in [0.05, 0.1) is 23.7 Å². The van der Waals surface area contributed by atoms with Gasteiger partial charge in [0.15, 0.2) is 0 Å². The van der Waals surface area contributed by atoms with Crippen molar-refractivity contribution >= 4 is 33.9 Å². The molecule has 0 atom stereocenters. The Balaban J connectivity index is 1.43. The highest BCUT2D eigenvalue weighted by Crippen LogP contribution is 2.28. The molecule has 182 valence electrons. The molecule has 3 aromatic rings. The Kier molecular flexibility index (Phi) is 7.69. The number of fused-ring (bicyclic) bond motifs is 1. The Hall–Kier alpha value is -3.11. The fraction of sp³-hybridized carbons (Fsp3) is 0.458. The molecule has 1 aromatic carbocycles. The Morgan fingerprint density at radius 2 is 1.76 bits per heavy atom. The first-order valence-electron chi connectivity index (χ1n) is 11.5. The smallest absolute Gasteiger partial charge is 0.331 e. The molecule has 1 saturated heterocycles. The number of benzene rings is 1. The first-order valence-corrected chi connectivity index (χ1v) is 12.5. The molecule has 1 N–H and O–H groups in total. The summed E-state index contributed by atoms with van der Waals surface area (Å²) in [4.78, 5) is 41.5. The van der Waals surface area contributed by atoms with Crippen LogP contribution in [0.5, 0.6) is 5.75 Å². The van der Waals surface area contributed by atoms with Crippen molar-refractivity contribution in [2.24, 2.45) is 0 Å². The third-order valence-electron chi connectivity index (χ3n) is 6.33. The molecule has 0 amide bonds. The fourth-order valence-corrected chi connectivity index (χ4v) is 5.25. The number of carboxylic acid groups (broad SMARTS) is 1. The number of carbonyl (C=O) groups is 1. The van der Waals surface area contributed by atoms with Gasteiger partial charge in [0.2, 0.25) is 0 Å². The number of aliphatic carboxylic acids is 1. The molecular formula is C24H30N4O5S. The number of carboxylic acids is 1. The van der Waals surface area contributed by atoms with Crippen molar-refractivity contribution in [3.05, 3.63) is 55.9 Å². The van der Waals surface area contributed by atoms with Gasteiger partial charge in [-0.3, -0.25) is 23.6 Å². The van der Waals surface area contributed by atoms with Crippen molar-refractivity contribution < 1.29 is 14.6 Å². The van der Waals surface area contributed by atoms with Gasteiger partial charge in [-0.25, -0.2) is 4.79 Å². The van der Waals surface area contributed by atoms with Crippen molar-refractivity contribution in [2.45, 2.75) is 32.4 Å². The predicted octanol–water partition coefficient (Wildman–Crippen LogP) is 2.31. The molecule has 4 rings (SSSR count). The van der Waals surface area contributed by atoms with Crippen LogP contribution in [0.1, 0.15) is 19.3 Å². The number of para-hydroxylation sites is 2. The maximum atomic E-state index is 13.2. The highest BCUT2D eigenvalue weighted by molar-refractivity contribution is 7.09. The van der Waals surface area contributed by atoms with Crippen LogP contribution in [0.15, 0.2) is 44.6 Å². The molecular weight excluding hydrogens is 456 g/mol. The number of aryl methyl sites for hydroxylation is 1. The Bertz CT molecular complexity index is 1260. The lowest BCUT2D eigenvalue weighted by Crippen LogP contribution is -2.49. The van der Waals surface area contributed by atoms with Gasteiger partial charge in [0.25, 0.3) is 5.56 Å². The van der Waals surface area contributed by atoms with Gasteiger partial charge >= 0.3 is 11.7 Å². The quantitative estimate of drug-likeness (QED) is 0.439. The SMILES string of the molecule is COc1ccccc1N1CCN(CCn2c(=O)c3cscc3n(CCCCC(=O)O)c2=O)CC1. The molecule has 0 bridgehead atoms. The van der Waals surface area contributed by atoms with E-state index in [9.17, 15) is 14.4 Å². The van der Waals surface area contributed by atoms with E-state index in [1.165, 1.54) is 15.9 Å². The van der Waals surface area contributed by atoms with E-state index in [-0.39, 0.29) is 17.7 Å². The summed E-state index contributed by atoms with van der Waals surface area (Å²) >= 11 is 1.40. The summed E-state index contributed by atoms with van der Waals surface area (Å²) in [5.41, 5.74) is 1.14. The summed E-state index contributed by atoms with van der Waals surface area (Å²) in [5.74, 6) is 0.0132. The van der Waals surface area contributed by atoms with Gasteiger partial charge in [0, 0.05) is 63.0 Å². The van der Waals surface area contributed by atoms with Crippen LogP contribution in [0.25, 0.3) is 10.9 Å². The lowest BCUT2D eigenvalue weighted by molar-refractivity contribution is -0.137. The number of hydrogen-bond acceptors (Lipinski definition) is 7. The third-order valence-corrected chi connectivity index (χ3v) is 7.06. The molecule has 0 radical (unpaired) electrons. The molecule has 0 saturated carbocycles. The van der Waals surface area contributed by atoms with Crippen LogP contribution in [0, 0.1) is 0 Å². The first-order chi connectivity index (χ1) is 16.5. The molecule has 34 heavy (non-hydrogen) atoms. The Labute approximate surface area is 201 Å². The number of nitrogens with zero attached hydrogens (tertiary/aromatic N) is 4. The number of ether oxygens (including phenoxy) is 1. The van der Waals surface area contributed by atoms with Gasteiger partial charge in [-0.15, -0.1) is 11.3 Å². The lowest BCUT2D eigenvalue weighted by atomic mass is 10.2. The second-order valence-corrected chi connectivity index (χ2v) is 9.16. The Morgan fingerprint density at radius 1 is 1.00 bits per heavy atom. The fourth-order valence-electron chi connectivity index (χ4n) is 4.44. The minimum atomic E-state index is -0.844. The second kappa shape index (κ2) is 10.9. The van der Waals surface area contributed by atoms with Crippen LogP contribution >= 0.6 is 11.3 Å². The summed E-state index contributed by atoms with van der Waals surface area (Å²) in [6, 6.07) is 7.98. The summed E-state index contributed by atoms with van der Waals surface area (Å²) in [5, 5.41) is 13.0. The summed E-state index contributed by atoms with van der Waals surface area (Å²) in [6.45, 7) is 4.68. The zero-order valence-corrected chi connectivity index (χ0v) is 20.1. The minimum absolute atomic E-state index is 0.0714. The largest absolute Gasteiger partial charge is 0.495 e. The van der Waals surface area contributed by atoms with Crippen molar-refractivity contribution in [1.29, 1.82) is 0 Å². The molecule has 3 heterocycles. The van der Waals surface area contributed by atoms with E-state index in [1.807, 2.05) is 23.6 Å². The van der Waals surface area contributed by atoms with Gasteiger partial charge in [-0.05, 0) is 25.0 Å². The monoisotopic (exact) mass is 486 g/mol. The standard InChI is InChI=1S/C24H30N4O5S/c1-33-21-7-3-2-6-19(21)26-13-10-25(11-14-26)12-15-28-23(31)18-16-34-17-20(18)27(24(28)32)9-5-4-8-22(29)30/h2-3,6-7,16-17H,4-5,8-15H2,1H3,(H,29,30). The van der Waals surface area contributed by atoms with Crippen molar-refractivity contribution in [3.63, 3.8) is 0 Å². The lowest BCUT2D eigenvalue weighted by Gasteiger charge is -2.36. The number of rotatable bonds is 10. The van der Waals surface area contributed by atoms with E-state index in [4.69, 9.17) is 9.84 Å². The van der Waals surface area contributed by atoms with E-state index >= 15 is 0 Å². The van der Waals surface area contributed by atoms with E-state index in [0.29, 0.717) is 43.4 Å². The van der Waals surface area contributed by atoms with Crippen molar-refractivity contribution in [2.75, 3.05) is 44.7 Å². The third kappa shape index (κ3) is 5.18. The first kappa shape index (κ1) is 24.0. The Morgan fingerprint density at radius 3 is 2.50 bits per heavy atom. The number of methoxy groups -OCH3 is 1. The van der Waals surface area contributed by atoms with Gasteiger partial charge in [-0.1, -0.05) is 12.1 Å². The van der Waals surface area contributed by atoms with E-state index < -0.39 is 5.97 Å². The van der Waals surface area contributed by atoms with Crippen molar-refractivity contribution in [1.82, 2.24) is 14.0 Å². The molecule has 1 fully saturated rings. The van der Waals surface area contributed by atoms with E-state index in [2.05, 4.69) is 15.9 Å². The van der Waals surface area contributed by atoms with Crippen LogP contribution in [0.2, 0.25) is 0 Å². The molecule has 10 heteroatoms.